The smallest absolute Gasteiger partial charge is 0.303 e. The highest BCUT2D eigenvalue weighted by Gasteiger charge is 2.13. The lowest BCUT2D eigenvalue weighted by Gasteiger charge is -2.11. The van der Waals surface area contributed by atoms with Crippen molar-refractivity contribution >= 4 is 11.9 Å². The van der Waals surface area contributed by atoms with E-state index < -0.39 is 5.97 Å². The number of carbonyl (C=O) groups excluding carboxylic acids is 1. The van der Waals surface area contributed by atoms with Gasteiger partial charge in [-0.1, -0.05) is 5.21 Å². The second kappa shape index (κ2) is 7.47. The molecule has 1 atom stereocenters. The summed E-state index contributed by atoms with van der Waals surface area (Å²) in [5, 5.41) is 18.8. The number of carbonyl (C=O) groups is 2. The Kier molecular flexibility index (Phi) is 5.94. The highest BCUT2D eigenvalue weighted by atomic mass is 16.4. The van der Waals surface area contributed by atoms with Gasteiger partial charge in [-0.25, -0.2) is 0 Å². The quantitative estimate of drug-likeness (QED) is 0.590. The van der Waals surface area contributed by atoms with Gasteiger partial charge in [0.2, 0.25) is 0 Å². The Bertz CT molecular complexity index is 432. The van der Waals surface area contributed by atoms with Crippen LogP contribution >= 0.6 is 0 Å². The van der Waals surface area contributed by atoms with E-state index in [1.165, 1.54) is 10.9 Å². The Labute approximate surface area is 111 Å². The van der Waals surface area contributed by atoms with E-state index in [9.17, 15) is 9.59 Å². The van der Waals surface area contributed by atoms with Crippen LogP contribution in [0.3, 0.4) is 0 Å². The van der Waals surface area contributed by atoms with E-state index in [4.69, 9.17) is 10.8 Å². The maximum absolute atomic E-state index is 11.8. The molecule has 8 heteroatoms. The Balaban J connectivity index is 2.38. The summed E-state index contributed by atoms with van der Waals surface area (Å²) in [4.78, 5) is 22.2. The van der Waals surface area contributed by atoms with Gasteiger partial charge < -0.3 is 16.2 Å². The van der Waals surface area contributed by atoms with Gasteiger partial charge in [0, 0.05) is 19.0 Å². The zero-order valence-electron chi connectivity index (χ0n) is 10.9. The highest BCUT2D eigenvalue weighted by Crippen LogP contribution is 2.02. The number of hydrogen-bond donors (Lipinski definition) is 3. The number of amides is 1. The first kappa shape index (κ1) is 15.1. The second-order valence-corrected chi connectivity index (χ2v) is 4.32. The lowest BCUT2D eigenvalue weighted by Crippen LogP contribution is -2.32. The molecular weight excluding hydrogens is 250 g/mol. The van der Waals surface area contributed by atoms with Crippen molar-refractivity contribution in [2.45, 2.75) is 38.8 Å². The van der Waals surface area contributed by atoms with Crippen molar-refractivity contribution in [3.63, 3.8) is 0 Å². The van der Waals surface area contributed by atoms with Gasteiger partial charge in [-0.2, -0.15) is 0 Å². The summed E-state index contributed by atoms with van der Waals surface area (Å²) < 4.78 is 1.50. The summed E-state index contributed by atoms with van der Waals surface area (Å²) in [5.41, 5.74) is 5.60. The average Bonchev–Trinajstić information content (AvgIpc) is 2.77. The third-order valence-corrected chi connectivity index (χ3v) is 2.53. The second-order valence-electron chi connectivity index (χ2n) is 4.32. The standard InChI is InChI=1S/C11H19N5O3/c1-8(3-2-4-10(17)18)13-11(19)9-7-16(6-5-12)15-14-9/h7-8H,2-6,12H2,1H3,(H,13,19)(H,17,18). The van der Waals surface area contributed by atoms with Crippen LogP contribution in [0, 0.1) is 0 Å². The van der Waals surface area contributed by atoms with E-state index in [1.807, 2.05) is 6.92 Å². The molecule has 0 spiro atoms. The number of carboxylic acid groups (broad SMARTS) is 1. The van der Waals surface area contributed by atoms with Gasteiger partial charge in [-0.3, -0.25) is 14.3 Å². The van der Waals surface area contributed by atoms with Crippen LogP contribution in [-0.4, -0.2) is 44.6 Å². The Morgan fingerprint density at radius 3 is 2.95 bits per heavy atom. The zero-order valence-corrected chi connectivity index (χ0v) is 10.9. The number of carboxylic acids is 1. The van der Waals surface area contributed by atoms with Crippen molar-refractivity contribution in [2.75, 3.05) is 6.54 Å². The van der Waals surface area contributed by atoms with Crippen molar-refractivity contribution in [3.8, 4) is 0 Å². The predicted molar refractivity (Wildman–Crippen MR) is 67.5 cm³/mol. The monoisotopic (exact) mass is 269 g/mol. The van der Waals surface area contributed by atoms with Crippen LogP contribution in [0.1, 0.15) is 36.7 Å². The number of aromatic nitrogens is 3. The number of nitrogens with zero attached hydrogens (tertiary/aromatic N) is 3. The first-order valence-electron chi connectivity index (χ1n) is 6.15. The third kappa shape index (κ3) is 5.47. The van der Waals surface area contributed by atoms with Gasteiger partial charge in [0.05, 0.1) is 12.7 Å². The van der Waals surface area contributed by atoms with E-state index in [0.29, 0.717) is 25.9 Å². The van der Waals surface area contributed by atoms with Crippen LogP contribution in [-0.2, 0) is 11.3 Å². The Morgan fingerprint density at radius 1 is 1.58 bits per heavy atom. The maximum atomic E-state index is 11.8. The minimum Gasteiger partial charge on any atom is -0.481 e. The first-order chi connectivity index (χ1) is 9.02. The molecule has 0 fully saturated rings. The number of nitrogens with two attached hydrogens (primary N) is 1. The van der Waals surface area contributed by atoms with Crippen LogP contribution in [0.15, 0.2) is 6.20 Å². The first-order valence-corrected chi connectivity index (χ1v) is 6.15. The third-order valence-electron chi connectivity index (χ3n) is 2.53. The molecule has 1 amide bonds. The molecule has 0 aliphatic heterocycles. The van der Waals surface area contributed by atoms with Crippen molar-refractivity contribution < 1.29 is 14.7 Å². The number of hydrogen-bond acceptors (Lipinski definition) is 5. The van der Waals surface area contributed by atoms with Gasteiger partial charge in [0.1, 0.15) is 0 Å². The lowest BCUT2D eigenvalue weighted by molar-refractivity contribution is -0.137. The van der Waals surface area contributed by atoms with Crippen molar-refractivity contribution in [3.05, 3.63) is 11.9 Å². The summed E-state index contributed by atoms with van der Waals surface area (Å²) in [7, 11) is 0. The summed E-state index contributed by atoms with van der Waals surface area (Å²) in [5.74, 6) is -1.14. The molecule has 1 heterocycles. The van der Waals surface area contributed by atoms with Crippen molar-refractivity contribution in [2.24, 2.45) is 5.73 Å². The number of aliphatic carboxylic acids is 1. The fourth-order valence-electron chi connectivity index (χ4n) is 1.57. The molecule has 8 nitrogen and oxygen atoms in total. The van der Waals surface area contributed by atoms with E-state index >= 15 is 0 Å². The molecular formula is C11H19N5O3. The molecule has 0 aliphatic carbocycles. The summed E-state index contributed by atoms with van der Waals surface area (Å²) in [6, 6.07) is -0.105. The fourth-order valence-corrected chi connectivity index (χ4v) is 1.57. The van der Waals surface area contributed by atoms with Gasteiger partial charge >= 0.3 is 5.97 Å². The van der Waals surface area contributed by atoms with Crippen LogP contribution in [0.5, 0.6) is 0 Å². The lowest BCUT2D eigenvalue weighted by atomic mass is 10.1. The Morgan fingerprint density at radius 2 is 2.32 bits per heavy atom. The molecule has 0 saturated heterocycles. The highest BCUT2D eigenvalue weighted by molar-refractivity contribution is 5.92. The molecule has 0 aromatic carbocycles. The van der Waals surface area contributed by atoms with Crippen LogP contribution in [0.25, 0.3) is 0 Å². The van der Waals surface area contributed by atoms with Gasteiger partial charge in [-0.05, 0) is 19.8 Å². The molecule has 1 aromatic rings. The van der Waals surface area contributed by atoms with Crippen LogP contribution in [0.4, 0.5) is 0 Å². The van der Waals surface area contributed by atoms with Crippen LogP contribution < -0.4 is 11.1 Å². The molecule has 0 aliphatic rings. The predicted octanol–water partition coefficient (Wildman–Crippen LogP) is -0.390. The van der Waals surface area contributed by atoms with Gasteiger partial charge in [0.25, 0.3) is 5.91 Å². The maximum Gasteiger partial charge on any atom is 0.303 e. The summed E-state index contributed by atoms with van der Waals surface area (Å²) in [6.45, 7) is 2.76. The fraction of sp³-hybridized carbons (Fsp3) is 0.636. The van der Waals surface area contributed by atoms with Gasteiger partial charge in [-0.15, -0.1) is 5.10 Å². The Hall–Kier alpha value is -1.96. The topological polar surface area (TPSA) is 123 Å². The van der Waals surface area contributed by atoms with Crippen LogP contribution in [0.2, 0.25) is 0 Å². The SMILES string of the molecule is CC(CCCC(=O)O)NC(=O)c1cn(CCN)nn1. The molecule has 0 saturated carbocycles. The largest absolute Gasteiger partial charge is 0.481 e. The minimum atomic E-state index is -0.830. The minimum absolute atomic E-state index is 0.104. The molecule has 4 N–H and O–H groups in total. The van der Waals surface area contributed by atoms with E-state index in [-0.39, 0.29) is 24.1 Å². The van der Waals surface area contributed by atoms with Crippen molar-refractivity contribution in [1.29, 1.82) is 0 Å². The summed E-state index contributed by atoms with van der Waals surface area (Å²) in [6.07, 6.45) is 2.77. The average molecular weight is 269 g/mol. The van der Waals surface area contributed by atoms with E-state index in [0.717, 1.165) is 0 Å². The van der Waals surface area contributed by atoms with Crippen molar-refractivity contribution in [1.82, 2.24) is 20.3 Å². The normalized spacial score (nSPS) is 12.1. The summed E-state index contributed by atoms with van der Waals surface area (Å²) >= 11 is 0. The molecule has 0 bridgehead atoms. The van der Waals surface area contributed by atoms with E-state index in [2.05, 4.69) is 15.6 Å². The molecule has 19 heavy (non-hydrogen) atoms. The number of rotatable bonds is 8. The molecule has 1 unspecified atom stereocenters. The van der Waals surface area contributed by atoms with E-state index in [1.54, 1.807) is 0 Å². The molecule has 1 aromatic heterocycles. The molecule has 106 valence electrons. The molecule has 1 rings (SSSR count). The molecule has 0 radical (unpaired) electrons. The van der Waals surface area contributed by atoms with Gasteiger partial charge in [0.15, 0.2) is 5.69 Å². The number of nitrogens with one attached hydrogen (secondary N) is 1. The zero-order chi connectivity index (χ0) is 14.3.